The van der Waals surface area contributed by atoms with Crippen LogP contribution in [0.4, 0.5) is 13.2 Å². The van der Waals surface area contributed by atoms with Crippen molar-refractivity contribution in [3.63, 3.8) is 0 Å². The Kier molecular flexibility index (Phi) is 5.51. The predicted molar refractivity (Wildman–Crippen MR) is 118 cm³/mol. The molecule has 0 spiro atoms. The lowest BCUT2D eigenvalue weighted by Crippen LogP contribution is -2.52. The van der Waals surface area contributed by atoms with Gasteiger partial charge in [-0.2, -0.15) is 13.2 Å². The van der Waals surface area contributed by atoms with Crippen LogP contribution < -0.4 is 10.2 Å². The highest BCUT2D eigenvalue weighted by Gasteiger charge is 2.56. The Morgan fingerprint density at radius 3 is 2.71 bits per heavy atom. The van der Waals surface area contributed by atoms with Crippen molar-refractivity contribution in [2.45, 2.75) is 50.4 Å². The van der Waals surface area contributed by atoms with Crippen LogP contribution in [0.3, 0.4) is 0 Å². The van der Waals surface area contributed by atoms with Gasteiger partial charge in [-0.05, 0) is 44.8 Å². The van der Waals surface area contributed by atoms with Gasteiger partial charge in [0, 0.05) is 18.2 Å². The van der Waals surface area contributed by atoms with Gasteiger partial charge in [-0.1, -0.05) is 32.0 Å². The first-order valence-corrected chi connectivity index (χ1v) is 11.4. The summed E-state index contributed by atoms with van der Waals surface area (Å²) < 4.78 is 50.2. The zero-order valence-corrected chi connectivity index (χ0v) is 19.3. The van der Waals surface area contributed by atoms with Gasteiger partial charge in [-0.3, -0.25) is 4.79 Å². The van der Waals surface area contributed by atoms with Crippen molar-refractivity contribution in [2.75, 3.05) is 6.61 Å². The summed E-state index contributed by atoms with van der Waals surface area (Å²) in [6.45, 7) is 3.13. The Hall–Kier alpha value is -1.84. The maximum absolute atomic E-state index is 14.3. The van der Waals surface area contributed by atoms with Gasteiger partial charge in [0.1, 0.15) is 5.75 Å². The van der Waals surface area contributed by atoms with E-state index in [0.29, 0.717) is 34.6 Å². The van der Waals surface area contributed by atoms with Crippen molar-refractivity contribution in [1.82, 2.24) is 4.57 Å². The number of para-hydroxylation sites is 1. The molecule has 31 heavy (non-hydrogen) atoms. The molecular formula is C22H21BrF3NO3S. The van der Waals surface area contributed by atoms with Gasteiger partial charge in [0.15, 0.2) is 5.60 Å². The Morgan fingerprint density at radius 1 is 1.26 bits per heavy atom. The molecule has 1 N–H and O–H groups in total. The van der Waals surface area contributed by atoms with E-state index in [4.69, 9.17) is 4.74 Å². The minimum atomic E-state index is -4.89. The molecule has 2 aromatic heterocycles. The predicted octanol–water partition coefficient (Wildman–Crippen LogP) is 5.42. The number of alkyl halides is 3. The van der Waals surface area contributed by atoms with Gasteiger partial charge < -0.3 is 14.4 Å². The molecule has 0 radical (unpaired) electrons. The largest absolute Gasteiger partial charge is 0.493 e. The van der Waals surface area contributed by atoms with Crippen molar-refractivity contribution in [2.24, 2.45) is 0 Å². The van der Waals surface area contributed by atoms with Crippen LogP contribution in [0.1, 0.15) is 31.4 Å². The van der Waals surface area contributed by atoms with E-state index in [0.717, 1.165) is 16.9 Å². The molecule has 1 unspecified atom stereocenters. The van der Waals surface area contributed by atoms with Crippen molar-refractivity contribution < 1.29 is 23.0 Å². The molecule has 0 saturated heterocycles. The van der Waals surface area contributed by atoms with Gasteiger partial charge in [0.25, 0.3) is 0 Å². The number of halogens is 4. The van der Waals surface area contributed by atoms with E-state index in [9.17, 15) is 23.1 Å². The molecule has 4 nitrogen and oxygen atoms in total. The second-order valence-electron chi connectivity index (χ2n) is 8.55. The molecule has 4 rings (SSSR count). The summed E-state index contributed by atoms with van der Waals surface area (Å²) in [5.41, 5.74) is -2.36. The van der Waals surface area contributed by atoms with Crippen LogP contribution in [-0.4, -0.2) is 28.1 Å². The van der Waals surface area contributed by atoms with E-state index >= 15 is 0 Å². The van der Waals surface area contributed by atoms with Crippen LogP contribution in [0.25, 0.3) is 10.2 Å². The third-order valence-corrected chi connectivity index (χ3v) is 7.25. The van der Waals surface area contributed by atoms with E-state index < -0.39 is 30.2 Å². The molecule has 0 aliphatic carbocycles. The molecule has 9 heteroatoms. The third kappa shape index (κ3) is 3.91. The molecule has 1 aliphatic rings. The molecule has 1 aromatic carbocycles. The highest BCUT2D eigenvalue weighted by atomic mass is 79.9. The molecular weight excluding hydrogens is 495 g/mol. The van der Waals surface area contributed by atoms with Crippen molar-refractivity contribution in [3.05, 3.63) is 61.7 Å². The number of benzene rings is 1. The molecule has 1 aliphatic heterocycles. The first kappa shape index (κ1) is 22.4. The average Bonchev–Trinajstić information content (AvgIpc) is 3.33. The first-order valence-electron chi connectivity index (χ1n) is 9.73. The summed E-state index contributed by atoms with van der Waals surface area (Å²) in [5, 5.41) is 12.7. The Bertz CT molecular complexity index is 1200. The standard InChI is InChI=1S/C22H21BrF3NO3S/c1-20(2,14-5-3-4-13-6-8-30-18(13)14)11-21(29,22(24,25)26)12-27-10-15(23)17(28)19-16(27)7-9-31-19/h3-5,7,9-10,29H,6,8,11-12H2,1-2H3. The number of ether oxygens (including phenoxy) is 1. The van der Waals surface area contributed by atoms with Crippen LogP contribution in [0, 0.1) is 0 Å². The summed E-state index contributed by atoms with van der Waals surface area (Å²) in [6.07, 6.45) is -3.44. The molecule has 3 heterocycles. The lowest BCUT2D eigenvalue weighted by molar-refractivity contribution is -0.271. The fourth-order valence-corrected chi connectivity index (χ4v) is 5.74. The van der Waals surface area contributed by atoms with E-state index in [2.05, 4.69) is 15.9 Å². The SMILES string of the molecule is CC(C)(CC(O)(Cn1cc(Br)c(=O)c2sccc21)C(F)(F)F)c1cccc2c1OCC2. The number of pyridine rings is 1. The summed E-state index contributed by atoms with van der Waals surface area (Å²) >= 11 is 4.29. The Morgan fingerprint density at radius 2 is 2.00 bits per heavy atom. The molecule has 0 saturated carbocycles. The highest BCUT2D eigenvalue weighted by molar-refractivity contribution is 9.10. The third-order valence-electron chi connectivity index (χ3n) is 5.78. The fraction of sp³-hybridized carbons (Fsp3) is 0.409. The summed E-state index contributed by atoms with van der Waals surface area (Å²) in [4.78, 5) is 12.3. The lowest BCUT2D eigenvalue weighted by Gasteiger charge is -2.39. The molecule has 0 amide bonds. The van der Waals surface area contributed by atoms with E-state index in [1.165, 1.54) is 10.8 Å². The van der Waals surface area contributed by atoms with Gasteiger partial charge in [-0.25, -0.2) is 0 Å². The Labute approximate surface area is 189 Å². The number of fused-ring (bicyclic) bond motifs is 2. The second kappa shape index (κ2) is 7.64. The minimum Gasteiger partial charge on any atom is -0.493 e. The van der Waals surface area contributed by atoms with Gasteiger partial charge in [-0.15, -0.1) is 11.3 Å². The van der Waals surface area contributed by atoms with Gasteiger partial charge in [0.05, 0.1) is 27.8 Å². The number of thiophene rings is 1. The number of hydrogen-bond acceptors (Lipinski definition) is 4. The molecule has 0 bridgehead atoms. The zero-order chi connectivity index (χ0) is 22.6. The monoisotopic (exact) mass is 515 g/mol. The molecule has 166 valence electrons. The zero-order valence-electron chi connectivity index (χ0n) is 16.9. The van der Waals surface area contributed by atoms with E-state index in [1.807, 2.05) is 12.1 Å². The number of nitrogens with zero attached hydrogens (tertiary/aromatic N) is 1. The first-order chi connectivity index (χ1) is 14.4. The number of rotatable bonds is 5. The van der Waals surface area contributed by atoms with Crippen LogP contribution >= 0.6 is 27.3 Å². The lowest BCUT2D eigenvalue weighted by atomic mass is 9.74. The van der Waals surface area contributed by atoms with Crippen molar-refractivity contribution in [3.8, 4) is 5.75 Å². The van der Waals surface area contributed by atoms with E-state index in [-0.39, 0.29) is 9.90 Å². The van der Waals surface area contributed by atoms with Gasteiger partial charge >= 0.3 is 6.18 Å². The number of aliphatic hydroxyl groups is 1. The van der Waals surface area contributed by atoms with Crippen LogP contribution in [0.5, 0.6) is 5.75 Å². The van der Waals surface area contributed by atoms with Crippen molar-refractivity contribution in [1.29, 1.82) is 0 Å². The van der Waals surface area contributed by atoms with E-state index in [1.54, 1.807) is 31.4 Å². The maximum Gasteiger partial charge on any atom is 0.418 e. The second-order valence-corrected chi connectivity index (χ2v) is 10.3. The number of hydrogen-bond donors (Lipinski definition) is 1. The smallest absolute Gasteiger partial charge is 0.418 e. The fourth-order valence-electron chi connectivity index (χ4n) is 4.30. The van der Waals surface area contributed by atoms with Crippen molar-refractivity contribution >= 4 is 37.5 Å². The minimum absolute atomic E-state index is 0.153. The van der Waals surface area contributed by atoms with Crippen LogP contribution in [-0.2, 0) is 18.4 Å². The Balaban J connectivity index is 1.76. The molecule has 3 aromatic rings. The van der Waals surface area contributed by atoms with Crippen LogP contribution in [0.15, 0.2) is 45.1 Å². The highest BCUT2D eigenvalue weighted by Crippen LogP contribution is 2.46. The summed E-state index contributed by atoms with van der Waals surface area (Å²) in [5.74, 6) is 0.614. The topological polar surface area (TPSA) is 51.5 Å². The summed E-state index contributed by atoms with van der Waals surface area (Å²) in [7, 11) is 0. The van der Waals surface area contributed by atoms with Gasteiger partial charge in [0.2, 0.25) is 5.43 Å². The van der Waals surface area contributed by atoms with Crippen LogP contribution in [0.2, 0.25) is 0 Å². The summed E-state index contributed by atoms with van der Waals surface area (Å²) in [6, 6.07) is 7.07. The molecule has 1 atom stereocenters. The average molecular weight is 516 g/mol. The molecule has 0 fully saturated rings. The quantitative estimate of drug-likeness (QED) is 0.493. The maximum atomic E-state index is 14.3. The number of aromatic nitrogens is 1. The normalized spacial score (nSPS) is 16.2.